The van der Waals surface area contributed by atoms with Gasteiger partial charge in [0.15, 0.2) is 0 Å². The summed E-state index contributed by atoms with van der Waals surface area (Å²) in [4.78, 5) is 11.8. The van der Waals surface area contributed by atoms with Crippen molar-refractivity contribution in [2.45, 2.75) is 25.8 Å². The number of hydrogen-bond donors (Lipinski definition) is 2. The third-order valence-electron chi connectivity index (χ3n) is 2.49. The molecule has 0 fully saturated rings. The molecule has 0 aliphatic heterocycles. The van der Waals surface area contributed by atoms with Gasteiger partial charge in [-0.25, -0.2) is 4.39 Å². The Balaban J connectivity index is 2.72. The topological polar surface area (TPSA) is 49.3 Å². The molecule has 0 bridgehead atoms. The Hall–Kier alpha value is -0.940. The second-order valence-corrected chi connectivity index (χ2v) is 4.57. The molecule has 1 amide bonds. The van der Waals surface area contributed by atoms with Crippen LogP contribution in [0.4, 0.5) is 4.39 Å². The van der Waals surface area contributed by atoms with Crippen molar-refractivity contribution >= 4 is 21.8 Å². The van der Waals surface area contributed by atoms with Crippen molar-refractivity contribution in [3.8, 4) is 0 Å². The first-order valence-corrected chi connectivity index (χ1v) is 6.24. The molecule has 0 spiro atoms. The van der Waals surface area contributed by atoms with E-state index in [1.165, 1.54) is 12.1 Å². The van der Waals surface area contributed by atoms with Gasteiger partial charge >= 0.3 is 0 Å². The molecule has 1 aromatic rings. The van der Waals surface area contributed by atoms with E-state index < -0.39 is 5.82 Å². The number of aliphatic hydroxyl groups is 1. The Morgan fingerprint density at radius 1 is 1.59 bits per heavy atom. The lowest BCUT2D eigenvalue weighted by Crippen LogP contribution is -2.35. The van der Waals surface area contributed by atoms with Crippen LogP contribution in [-0.4, -0.2) is 23.7 Å². The standard InChI is InChI=1S/C12H15BrFNO2/c1-2-9(5-6-16)15-12(17)8-3-4-10(13)11(14)7-8/h3-4,7,9,16H,2,5-6H2,1H3,(H,15,17). The molecular formula is C12H15BrFNO2. The first-order chi connectivity index (χ1) is 8.08. The fourth-order valence-corrected chi connectivity index (χ4v) is 1.69. The smallest absolute Gasteiger partial charge is 0.251 e. The average Bonchev–Trinajstić information content (AvgIpc) is 2.31. The number of halogens is 2. The van der Waals surface area contributed by atoms with E-state index in [2.05, 4.69) is 21.2 Å². The van der Waals surface area contributed by atoms with E-state index in [-0.39, 0.29) is 24.1 Å². The summed E-state index contributed by atoms with van der Waals surface area (Å²) in [6.45, 7) is 1.94. The number of benzene rings is 1. The van der Waals surface area contributed by atoms with Crippen molar-refractivity contribution in [2.75, 3.05) is 6.61 Å². The van der Waals surface area contributed by atoms with Gasteiger partial charge in [-0.05, 0) is 47.0 Å². The molecule has 0 radical (unpaired) electrons. The Morgan fingerprint density at radius 3 is 2.82 bits per heavy atom. The SMILES string of the molecule is CCC(CCO)NC(=O)c1ccc(Br)c(F)c1. The highest BCUT2D eigenvalue weighted by atomic mass is 79.9. The second kappa shape index (κ2) is 6.71. The number of carbonyl (C=O) groups is 1. The van der Waals surface area contributed by atoms with Gasteiger partial charge in [0.2, 0.25) is 0 Å². The highest BCUT2D eigenvalue weighted by molar-refractivity contribution is 9.10. The van der Waals surface area contributed by atoms with Crippen LogP contribution in [0.5, 0.6) is 0 Å². The molecule has 17 heavy (non-hydrogen) atoms. The zero-order valence-electron chi connectivity index (χ0n) is 9.54. The molecular weight excluding hydrogens is 289 g/mol. The number of hydrogen-bond acceptors (Lipinski definition) is 2. The van der Waals surface area contributed by atoms with Crippen molar-refractivity contribution < 1.29 is 14.3 Å². The van der Waals surface area contributed by atoms with Crippen LogP contribution in [0.25, 0.3) is 0 Å². The molecule has 2 N–H and O–H groups in total. The molecule has 0 aliphatic rings. The average molecular weight is 304 g/mol. The lowest BCUT2D eigenvalue weighted by Gasteiger charge is -2.15. The molecule has 1 atom stereocenters. The molecule has 94 valence electrons. The number of carbonyl (C=O) groups excluding carboxylic acids is 1. The predicted octanol–water partition coefficient (Wildman–Crippen LogP) is 2.48. The van der Waals surface area contributed by atoms with E-state index in [1.54, 1.807) is 6.07 Å². The monoisotopic (exact) mass is 303 g/mol. The quantitative estimate of drug-likeness (QED) is 0.878. The third-order valence-corrected chi connectivity index (χ3v) is 3.13. The van der Waals surface area contributed by atoms with Crippen LogP contribution in [-0.2, 0) is 0 Å². The van der Waals surface area contributed by atoms with E-state index in [0.29, 0.717) is 10.9 Å². The number of rotatable bonds is 5. The van der Waals surface area contributed by atoms with Crippen molar-refractivity contribution in [3.05, 3.63) is 34.1 Å². The van der Waals surface area contributed by atoms with E-state index in [4.69, 9.17) is 5.11 Å². The van der Waals surface area contributed by atoms with Crippen LogP contribution < -0.4 is 5.32 Å². The van der Waals surface area contributed by atoms with Gasteiger partial charge in [0.1, 0.15) is 5.82 Å². The van der Waals surface area contributed by atoms with E-state index in [0.717, 1.165) is 6.42 Å². The lowest BCUT2D eigenvalue weighted by molar-refractivity contribution is 0.0928. The van der Waals surface area contributed by atoms with Gasteiger partial charge in [-0.1, -0.05) is 6.92 Å². The van der Waals surface area contributed by atoms with Gasteiger partial charge in [-0.2, -0.15) is 0 Å². The normalized spacial score (nSPS) is 12.2. The molecule has 1 rings (SSSR count). The Morgan fingerprint density at radius 2 is 2.29 bits per heavy atom. The first-order valence-electron chi connectivity index (χ1n) is 5.45. The van der Waals surface area contributed by atoms with E-state index in [9.17, 15) is 9.18 Å². The minimum absolute atomic E-state index is 0.0213. The van der Waals surface area contributed by atoms with Gasteiger partial charge in [0, 0.05) is 18.2 Å². The summed E-state index contributed by atoms with van der Waals surface area (Å²) in [6.07, 6.45) is 1.23. The summed E-state index contributed by atoms with van der Waals surface area (Å²) in [5, 5.41) is 11.6. The first kappa shape index (κ1) is 14.1. The Bertz CT molecular complexity index is 398. The van der Waals surface area contributed by atoms with Gasteiger partial charge in [-0.3, -0.25) is 4.79 Å². The molecule has 0 saturated carbocycles. The molecule has 0 aromatic heterocycles. The van der Waals surface area contributed by atoms with Gasteiger partial charge in [0.25, 0.3) is 5.91 Å². The van der Waals surface area contributed by atoms with Gasteiger partial charge in [-0.15, -0.1) is 0 Å². The maximum Gasteiger partial charge on any atom is 0.251 e. The molecule has 1 aromatic carbocycles. The highest BCUT2D eigenvalue weighted by Crippen LogP contribution is 2.16. The lowest BCUT2D eigenvalue weighted by atomic mass is 10.1. The molecule has 5 heteroatoms. The Kier molecular flexibility index (Phi) is 5.58. The summed E-state index contributed by atoms with van der Waals surface area (Å²) in [5.74, 6) is -0.787. The van der Waals surface area contributed by atoms with Crippen LogP contribution in [0, 0.1) is 5.82 Å². The minimum Gasteiger partial charge on any atom is -0.396 e. The highest BCUT2D eigenvalue weighted by Gasteiger charge is 2.13. The largest absolute Gasteiger partial charge is 0.396 e. The third kappa shape index (κ3) is 4.09. The van der Waals surface area contributed by atoms with Crippen LogP contribution >= 0.6 is 15.9 Å². The van der Waals surface area contributed by atoms with E-state index in [1.807, 2.05) is 6.92 Å². The van der Waals surface area contributed by atoms with Crippen LogP contribution in [0.15, 0.2) is 22.7 Å². The summed E-state index contributed by atoms with van der Waals surface area (Å²) in [5.41, 5.74) is 0.280. The van der Waals surface area contributed by atoms with E-state index >= 15 is 0 Å². The molecule has 0 heterocycles. The zero-order valence-corrected chi connectivity index (χ0v) is 11.1. The predicted molar refractivity (Wildman–Crippen MR) is 67.3 cm³/mol. The summed E-state index contributed by atoms with van der Waals surface area (Å²) >= 11 is 3.03. The maximum atomic E-state index is 13.2. The molecule has 0 saturated heterocycles. The summed E-state index contributed by atoms with van der Waals surface area (Å²) < 4.78 is 13.6. The van der Waals surface area contributed by atoms with Gasteiger partial charge < -0.3 is 10.4 Å². The number of amides is 1. The van der Waals surface area contributed by atoms with Crippen LogP contribution in [0.1, 0.15) is 30.1 Å². The van der Waals surface area contributed by atoms with Crippen molar-refractivity contribution in [1.82, 2.24) is 5.32 Å². The number of nitrogens with one attached hydrogen (secondary N) is 1. The van der Waals surface area contributed by atoms with Crippen LogP contribution in [0.2, 0.25) is 0 Å². The van der Waals surface area contributed by atoms with Crippen LogP contribution in [0.3, 0.4) is 0 Å². The van der Waals surface area contributed by atoms with Crippen molar-refractivity contribution in [2.24, 2.45) is 0 Å². The Labute approximate surface area is 108 Å². The van der Waals surface area contributed by atoms with Crippen molar-refractivity contribution in [1.29, 1.82) is 0 Å². The summed E-state index contributed by atoms with van der Waals surface area (Å²) in [6, 6.07) is 4.15. The molecule has 3 nitrogen and oxygen atoms in total. The molecule has 0 aliphatic carbocycles. The molecule has 1 unspecified atom stereocenters. The minimum atomic E-state index is -0.465. The fraction of sp³-hybridized carbons (Fsp3) is 0.417. The van der Waals surface area contributed by atoms with Gasteiger partial charge in [0.05, 0.1) is 4.47 Å². The number of aliphatic hydroxyl groups excluding tert-OH is 1. The summed E-state index contributed by atoms with van der Waals surface area (Å²) in [7, 11) is 0. The maximum absolute atomic E-state index is 13.2. The second-order valence-electron chi connectivity index (χ2n) is 3.72. The fourth-order valence-electron chi connectivity index (χ4n) is 1.44. The van der Waals surface area contributed by atoms with Crippen molar-refractivity contribution in [3.63, 3.8) is 0 Å². The zero-order chi connectivity index (χ0) is 12.8.